The van der Waals surface area contributed by atoms with Crippen LogP contribution in [-0.2, 0) is 11.3 Å². The molecule has 2 N–H and O–H groups in total. The van der Waals surface area contributed by atoms with Crippen LogP contribution in [0.4, 0.5) is 0 Å². The Morgan fingerprint density at radius 1 is 1.42 bits per heavy atom. The molecule has 0 aliphatic rings. The summed E-state index contributed by atoms with van der Waals surface area (Å²) in [6, 6.07) is 9.59. The summed E-state index contributed by atoms with van der Waals surface area (Å²) in [4.78, 5) is 15.9. The van der Waals surface area contributed by atoms with E-state index < -0.39 is 5.97 Å². The summed E-state index contributed by atoms with van der Waals surface area (Å²) >= 11 is 0. The smallest absolute Gasteiger partial charge is 0.359 e. The van der Waals surface area contributed by atoms with E-state index in [1.165, 1.54) is 0 Å². The predicted octanol–water partition coefficient (Wildman–Crippen LogP) is 1.76. The van der Waals surface area contributed by atoms with Gasteiger partial charge in [-0.1, -0.05) is 30.3 Å². The average molecular weight is 259 g/mol. The largest absolute Gasteiger partial charge is 0.453 e. The lowest BCUT2D eigenvalue weighted by Gasteiger charge is -2.12. The first kappa shape index (κ1) is 13.3. The highest BCUT2D eigenvalue weighted by Gasteiger charge is 2.15. The molecular weight excluding hydrogens is 242 g/mol. The summed E-state index contributed by atoms with van der Waals surface area (Å²) in [5.74, 6) is -0.424. The lowest BCUT2D eigenvalue weighted by molar-refractivity contribution is 0.0331. The molecule has 1 aromatic carbocycles. The van der Waals surface area contributed by atoms with E-state index in [0.29, 0.717) is 18.8 Å². The molecule has 0 aliphatic heterocycles. The van der Waals surface area contributed by atoms with Crippen molar-refractivity contribution in [2.24, 2.45) is 5.73 Å². The number of imidazole rings is 1. The number of aromatic nitrogens is 2. The van der Waals surface area contributed by atoms with Gasteiger partial charge in [-0.15, -0.1) is 0 Å². The van der Waals surface area contributed by atoms with Crippen LogP contribution in [0.2, 0.25) is 0 Å². The van der Waals surface area contributed by atoms with E-state index in [4.69, 9.17) is 10.5 Å². The summed E-state index contributed by atoms with van der Waals surface area (Å²) in [7, 11) is 0. The number of carbonyl (C=O) groups excluding carboxylic acids is 1. The highest BCUT2D eigenvalue weighted by atomic mass is 16.5. The van der Waals surface area contributed by atoms with Crippen molar-refractivity contribution in [1.82, 2.24) is 9.55 Å². The molecule has 100 valence electrons. The highest BCUT2D eigenvalue weighted by Crippen LogP contribution is 2.17. The number of nitrogens with zero attached hydrogens (tertiary/aromatic N) is 2. The molecule has 19 heavy (non-hydrogen) atoms. The zero-order chi connectivity index (χ0) is 13.7. The zero-order valence-corrected chi connectivity index (χ0v) is 10.8. The molecule has 0 saturated heterocycles. The average Bonchev–Trinajstić information content (AvgIpc) is 2.89. The van der Waals surface area contributed by atoms with Gasteiger partial charge in [0, 0.05) is 19.3 Å². The molecule has 2 rings (SSSR count). The van der Waals surface area contributed by atoms with Crippen LogP contribution in [0.25, 0.3) is 0 Å². The summed E-state index contributed by atoms with van der Waals surface area (Å²) in [6.07, 6.45) is 2.93. The minimum absolute atomic E-state index is 0.298. The monoisotopic (exact) mass is 259 g/mol. The van der Waals surface area contributed by atoms with Gasteiger partial charge in [0.15, 0.2) is 5.69 Å². The molecule has 0 fully saturated rings. The third-order valence-corrected chi connectivity index (χ3v) is 2.78. The van der Waals surface area contributed by atoms with Crippen LogP contribution < -0.4 is 5.73 Å². The molecule has 0 spiro atoms. The predicted molar refractivity (Wildman–Crippen MR) is 71.6 cm³/mol. The Balaban J connectivity index is 2.00. The normalized spacial score (nSPS) is 12.1. The SMILES string of the molecule is CC(OC(=O)c1cn(CCN)cn1)c1ccccc1. The minimum Gasteiger partial charge on any atom is -0.453 e. The molecule has 5 nitrogen and oxygen atoms in total. The Morgan fingerprint density at radius 3 is 2.84 bits per heavy atom. The van der Waals surface area contributed by atoms with Gasteiger partial charge in [0.2, 0.25) is 0 Å². The Morgan fingerprint density at radius 2 is 2.16 bits per heavy atom. The fourth-order valence-corrected chi connectivity index (χ4v) is 1.75. The second kappa shape index (κ2) is 6.15. The van der Waals surface area contributed by atoms with Gasteiger partial charge in [0.1, 0.15) is 6.10 Å². The van der Waals surface area contributed by atoms with Gasteiger partial charge in [-0.2, -0.15) is 0 Å². The molecule has 0 amide bonds. The molecule has 5 heteroatoms. The number of benzene rings is 1. The van der Waals surface area contributed by atoms with Gasteiger partial charge >= 0.3 is 5.97 Å². The number of hydrogen-bond acceptors (Lipinski definition) is 4. The van der Waals surface area contributed by atoms with E-state index in [9.17, 15) is 4.79 Å². The lowest BCUT2D eigenvalue weighted by atomic mass is 10.1. The topological polar surface area (TPSA) is 70.1 Å². The summed E-state index contributed by atoms with van der Waals surface area (Å²) < 4.78 is 7.14. The standard InChI is InChI=1S/C14H17N3O2/c1-11(12-5-3-2-4-6-12)19-14(18)13-9-17(8-7-15)10-16-13/h2-6,9-11H,7-8,15H2,1H3. The fraction of sp³-hybridized carbons (Fsp3) is 0.286. The summed E-state index contributed by atoms with van der Waals surface area (Å²) in [5, 5.41) is 0. The lowest BCUT2D eigenvalue weighted by Crippen LogP contribution is -2.10. The van der Waals surface area contributed by atoms with E-state index >= 15 is 0 Å². The minimum atomic E-state index is -0.424. The van der Waals surface area contributed by atoms with Crippen molar-refractivity contribution >= 4 is 5.97 Å². The molecule has 0 aliphatic carbocycles. The first-order chi connectivity index (χ1) is 9.20. The second-order valence-corrected chi connectivity index (χ2v) is 4.24. The maximum atomic E-state index is 11.9. The van der Waals surface area contributed by atoms with Crippen LogP contribution >= 0.6 is 0 Å². The maximum absolute atomic E-state index is 11.9. The van der Waals surface area contributed by atoms with Gasteiger partial charge < -0.3 is 15.0 Å². The van der Waals surface area contributed by atoms with Gasteiger partial charge in [0.05, 0.1) is 6.33 Å². The Bertz CT molecular complexity index is 537. The summed E-state index contributed by atoms with van der Waals surface area (Å²) in [6.45, 7) is 2.98. The van der Waals surface area contributed by atoms with Crippen LogP contribution in [0.15, 0.2) is 42.9 Å². The third kappa shape index (κ3) is 3.42. The van der Waals surface area contributed by atoms with Crippen LogP contribution in [-0.4, -0.2) is 22.1 Å². The Kier molecular flexibility index (Phi) is 4.30. The van der Waals surface area contributed by atoms with Crippen LogP contribution in [0.3, 0.4) is 0 Å². The molecule has 1 heterocycles. The molecule has 0 radical (unpaired) electrons. The quantitative estimate of drug-likeness (QED) is 0.831. The van der Waals surface area contributed by atoms with Crippen molar-refractivity contribution in [3.63, 3.8) is 0 Å². The van der Waals surface area contributed by atoms with Crippen molar-refractivity contribution in [1.29, 1.82) is 0 Å². The van der Waals surface area contributed by atoms with Crippen LogP contribution in [0, 0.1) is 0 Å². The molecular formula is C14H17N3O2. The molecule has 1 unspecified atom stereocenters. The van der Waals surface area contributed by atoms with Gasteiger partial charge in [0.25, 0.3) is 0 Å². The number of hydrogen-bond donors (Lipinski definition) is 1. The first-order valence-electron chi connectivity index (χ1n) is 6.18. The summed E-state index contributed by atoms with van der Waals surface area (Å²) in [5.41, 5.74) is 6.70. The number of esters is 1. The number of nitrogens with two attached hydrogens (primary N) is 1. The van der Waals surface area contributed by atoms with Gasteiger partial charge in [-0.05, 0) is 12.5 Å². The van der Waals surface area contributed by atoms with Gasteiger partial charge in [-0.25, -0.2) is 9.78 Å². The van der Waals surface area contributed by atoms with E-state index in [-0.39, 0.29) is 6.10 Å². The van der Waals surface area contributed by atoms with E-state index in [2.05, 4.69) is 4.98 Å². The first-order valence-corrected chi connectivity index (χ1v) is 6.18. The van der Waals surface area contributed by atoms with E-state index in [1.54, 1.807) is 17.1 Å². The number of ether oxygens (including phenoxy) is 1. The highest BCUT2D eigenvalue weighted by molar-refractivity contribution is 5.87. The van der Waals surface area contributed by atoms with Crippen molar-refractivity contribution in [2.75, 3.05) is 6.54 Å². The second-order valence-electron chi connectivity index (χ2n) is 4.24. The molecule has 0 bridgehead atoms. The third-order valence-electron chi connectivity index (χ3n) is 2.78. The van der Waals surface area contributed by atoms with Crippen LogP contribution in [0.5, 0.6) is 0 Å². The van der Waals surface area contributed by atoms with Crippen molar-refractivity contribution in [2.45, 2.75) is 19.6 Å². The van der Waals surface area contributed by atoms with Gasteiger partial charge in [-0.3, -0.25) is 0 Å². The number of carbonyl (C=O) groups is 1. The van der Waals surface area contributed by atoms with Crippen molar-refractivity contribution < 1.29 is 9.53 Å². The van der Waals surface area contributed by atoms with Crippen molar-refractivity contribution in [3.05, 3.63) is 54.1 Å². The molecule has 1 atom stereocenters. The maximum Gasteiger partial charge on any atom is 0.359 e. The number of rotatable bonds is 5. The van der Waals surface area contributed by atoms with E-state index in [0.717, 1.165) is 5.56 Å². The molecule has 1 aromatic heterocycles. The Hall–Kier alpha value is -2.14. The zero-order valence-electron chi connectivity index (χ0n) is 10.8. The molecule has 0 saturated carbocycles. The fourth-order valence-electron chi connectivity index (χ4n) is 1.75. The van der Waals surface area contributed by atoms with Crippen LogP contribution in [0.1, 0.15) is 29.1 Å². The molecule has 2 aromatic rings. The Labute approximate surface area is 112 Å². The van der Waals surface area contributed by atoms with Crippen molar-refractivity contribution in [3.8, 4) is 0 Å². The van der Waals surface area contributed by atoms with E-state index in [1.807, 2.05) is 37.3 Å².